The fraction of sp³-hybridized carbons (Fsp3) is 1.00. The van der Waals surface area contributed by atoms with E-state index >= 15 is 0 Å². The highest BCUT2D eigenvalue weighted by atomic mass is 32.2. The van der Waals surface area contributed by atoms with Gasteiger partial charge in [0, 0.05) is 17.8 Å². The molecular formula is C6H14NO6S-. The van der Waals surface area contributed by atoms with Gasteiger partial charge in [0.25, 0.3) is 0 Å². The second-order valence-corrected chi connectivity index (χ2v) is 3.37. The van der Waals surface area contributed by atoms with Gasteiger partial charge in [-0.3, -0.25) is 10.4 Å². The molecule has 0 atom stereocenters. The SMILES string of the molecule is [O-]OOSCCCNC(O)(CO)CO. The molecule has 0 saturated heterocycles. The maximum Gasteiger partial charge on any atom is 0.162 e. The molecule has 0 saturated carbocycles. The Kier molecular flexibility index (Phi) is 8.43. The Balaban J connectivity index is 3.34. The standard InChI is InChI=1S/C6H15NO6S/c8-4-6(10,5-9)7-2-1-3-14-13-12-11/h7-11H,1-5H2/p-1. The lowest BCUT2D eigenvalue weighted by Gasteiger charge is -2.24. The summed E-state index contributed by atoms with van der Waals surface area (Å²) in [7, 11) is 0. The van der Waals surface area contributed by atoms with E-state index in [0.717, 1.165) is 12.0 Å². The highest BCUT2D eigenvalue weighted by Crippen LogP contribution is 2.03. The van der Waals surface area contributed by atoms with Crippen molar-refractivity contribution < 1.29 is 29.9 Å². The van der Waals surface area contributed by atoms with Crippen molar-refractivity contribution in [2.45, 2.75) is 12.1 Å². The zero-order chi connectivity index (χ0) is 10.9. The Labute approximate surface area is 85.7 Å². The van der Waals surface area contributed by atoms with Crippen LogP contribution in [0.2, 0.25) is 0 Å². The van der Waals surface area contributed by atoms with E-state index in [1.807, 2.05) is 0 Å². The molecule has 0 radical (unpaired) electrons. The summed E-state index contributed by atoms with van der Waals surface area (Å²) < 4.78 is 3.99. The number of hydrogen-bond donors (Lipinski definition) is 4. The van der Waals surface area contributed by atoms with Gasteiger partial charge in [0.05, 0.1) is 13.2 Å². The molecule has 0 fully saturated rings. The average molecular weight is 228 g/mol. The van der Waals surface area contributed by atoms with Crippen LogP contribution in [0.3, 0.4) is 0 Å². The van der Waals surface area contributed by atoms with E-state index in [-0.39, 0.29) is 0 Å². The summed E-state index contributed by atoms with van der Waals surface area (Å²) in [5.74, 6) is 0.488. The van der Waals surface area contributed by atoms with E-state index in [4.69, 9.17) is 10.2 Å². The monoisotopic (exact) mass is 228 g/mol. The predicted molar refractivity (Wildman–Crippen MR) is 46.4 cm³/mol. The number of nitrogens with one attached hydrogen (secondary N) is 1. The van der Waals surface area contributed by atoms with Crippen molar-refractivity contribution >= 4 is 12.0 Å². The van der Waals surface area contributed by atoms with Crippen LogP contribution in [0.4, 0.5) is 0 Å². The summed E-state index contributed by atoms with van der Waals surface area (Å²) in [4.78, 5) is 0. The minimum absolute atomic E-state index is 0.368. The lowest BCUT2D eigenvalue weighted by molar-refractivity contribution is -0.777. The van der Waals surface area contributed by atoms with E-state index in [2.05, 4.69) is 14.7 Å². The fourth-order valence-corrected chi connectivity index (χ4v) is 1.04. The van der Waals surface area contributed by atoms with Gasteiger partial charge in [-0.2, -0.15) is 4.33 Å². The molecule has 0 aromatic heterocycles. The van der Waals surface area contributed by atoms with Crippen molar-refractivity contribution in [1.29, 1.82) is 0 Å². The van der Waals surface area contributed by atoms with Gasteiger partial charge in [0.1, 0.15) is 0 Å². The van der Waals surface area contributed by atoms with Crippen LogP contribution < -0.4 is 10.6 Å². The molecule has 0 rings (SSSR count). The zero-order valence-electron chi connectivity index (χ0n) is 7.51. The summed E-state index contributed by atoms with van der Waals surface area (Å²) in [5, 5.41) is 41.6. The Morgan fingerprint density at radius 2 is 2.00 bits per heavy atom. The first-order valence-corrected chi connectivity index (χ1v) is 4.87. The van der Waals surface area contributed by atoms with E-state index < -0.39 is 18.9 Å². The van der Waals surface area contributed by atoms with Gasteiger partial charge in [-0.25, -0.2) is 0 Å². The van der Waals surface area contributed by atoms with Gasteiger partial charge in [-0.1, -0.05) is 0 Å². The Morgan fingerprint density at radius 3 is 2.50 bits per heavy atom. The van der Waals surface area contributed by atoms with Crippen LogP contribution in [0.5, 0.6) is 0 Å². The molecule has 4 N–H and O–H groups in total. The molecule has 8 heteroatoms. The van der Waals surface area contributed by atoms with E-state index in [1.165, 1.54) is 0 Å². The van der Waals surface area contributed by atoms with Gasteiger partial charge >= 0.3 is 0 Å². The van der Waals surface area contributed by atoms with Gasteiger partial charge in [0.2, 0.25) is 0 Å². The predicted octanol–water partition coefficient (Wildman–Crippen LogP) is -2.49. The van der Waals surface area contributed by atoms with Gasteiger partial charge < -0.3 is 20.6 Å². The third-order valence-corrected chi connectivity index (χ3v) is 2.06. The molecule has 0 spiro atoms. The summed E-state index contributed by atoms with van der Waals surface area (Å²) >= 11 is 0.838. The van der Waals surface area contributed by atoms with Crippen LogP contribution in [0.25, 0.3) is 0 Å². The number of aliphatic hydroxyl groups excluding tert-OH is 2. The molecule has 0 aliphatic rings. The lowest BCUT2D eigenvalue weighted by Crippen LogP contribution is -2.52. The average Bonchev–Trinajstić information content (AvgIpc) is 2.23. The number of hydrogen-bond acceptors (Lipinski definition) is 8. The van der Waals surface area contributed by atoms with E-state index in [9.17, 15) is 10.4 Å². The summed E-state index contributed by atoms with van der Waals surface area (Å²) in [6, 6.07) is 0. The Bertz CT molecular complexity index is 133. The fourth-order valence-electron chi connectivity index (χ4n) is 0.668. The third kappa shape index (κ3) is 6.51. The molecular weight excluding hydrogens is 214 g/mol. The van der Waals surface area contributed by atoms with Crippen molar-refractivity contribution in [3.05, 3.63) is 0 Å². The summed E-state index contributed by atoms with van der Waals surface area (Å²) in [5.41, 5.74) is -1.65. The minimum atomic E-state index is -1.65. The topological polar surface area (TPSA) is 114 Å². The maximum atomic E-state index is 9.35. The maximum absolute atomic E-state index is 9.35. The molecule has 7 nitrogen and oxygen atoms in total. The molecule has 0 aromatic rings. The van der Waals surface area contributed by atoms with Crippen molar-refractivity contribution in [3.8, 4) is 0 Å². The second-order valence-electron chi connectivity index (χ2n) is 2.59. The van der Waals surface area contributed by atoms with Gasteiger partial charge in [-0.15, -0.1) is 0 Å². The largest absolute Gasteiger partial charge is 0.691 e. The highest BCUT2D eigenvalue weighted by Gasteiger charge is 2.23. The van der Waals surface area contributed by atoms with Crippen molar-refractivity contribution in [3.63, 3.8) is 0 Å². The molecule has 0 aromatic carbocycles. The van der Waals surface area contributed by atoms with Crippen LogP contribution in [0.1, 0.15) is 6.42 Å². The molecule has 0 heterocycles. The first-order chi connectivity index (χ1) is 6.68. The third-order valence-electron chi connectivity index (χ3n) is 1.46. The first kappa shape index (κ1) is 14.1. The van der Waals surface area contributed by atoms with Crippen molar-refractivity contribution in [1.82, 2.24) is 5.32 Å². The summed E-state index contributed by atoms with van der Waals surface area (Å²) in [6.45, 7) is -0.777. The van der Waals surface area contributed by atoms with E-state index in [1.54, 1.807) is 0 Å². The smallest absolute Gasteiger partial charge is 0.162 e. The van der Waals surface area contributed by atoms with Crippen molar-refractivity contribution in [2.75, 3.05) is 25.5 Å². The first-order valence-electron chi connectivity index (χ1n) is 3.96. The molecule has 0 bridgehead atoms. The minimum Gasteiger partial charge on any atom is -0.691 e. The van der Waals surface area contributed by atoms with Crippen LogP contribution in [-0.4, -0.2) is 46.6 Å². The molecule has 0 amide bonds. The number of aliphatic hydroxyl groups is 3. The molecule has 0 aliphatic carbocycles. The Morgan fingerprint density at radius 1 is 1.36 bits per heavy atom. The molecule has 0 aliphatic heterocycles. The van der Waals surface area contributed by atoms with Crippen LogP contribution in [0, 0.1) is 0 Å². The summed E-state index contributed by atoms with van der Waals surface area (Å²) in [6.07, 6.45) is 0.580. The normalized spacial score (nSPS) is 12.0. The van der Waals surface area contributed by atoms with Crippen LogP contribution >= 0.6 is 12.0 Å². The highest BCUT2D eigenvalue weighted by molar-refractivity contribution is 7.94. The van der Waals surface area contributed by atoms with Gasteiger partial charge in [0.15, 0.2) is 5.72 Å². The van der Waals surface area contributed by atoms with Crippen LogP contribution in [-0.2, 0) is 9.37 Å². The quantitative estimate of drug-likeness (QED) is 0.113. The van der Waals surface area contributed by atoms with E-state index in [0.29, 0.717) is 18.7 Å². The van der Waals surface area contributed by atoms with Crippen LogP contribution in [0.15, 0.2) is 0 Å². The lowest BCUT2D eigenvalue weighted by atomic mass is 10.2. The number of rotatable bonds is 9. The molecule has 86 valence electrons. The van der Waals surface area contributed by atoms with Crippen molar-refractivity contribution in [2.24, 2.45) is 0 Å². The second kappa shape index (κ2) is 8.38. The van der Waals surface area contributed by atoms with Gasteiger partial charge in [-0.05, 0) is 13.0 Å². The Hall–Kier alpha value is 0.0700. The molecule has 14 heavy (non-hydrogen) atoms. The zero-order valence-corrected chi connectivity index (χ0v) is 8.33. The molecule has 0 unspecified atom stereocenters.